The van der Waals surface area contributed by atoms with Crippen molar-refractivity contribution >= 4 is 17.7 Å². The topological polar surface area (TPSA) is 39.2 Å². The molecule has 0 aromatic carbocycles. The molecule has 1 aromatic rings. The number of pyridine rings is 1. The van der Waals surface area contributed by atoms with Gasteiger partial charge >= 0.3 is 5.97 Å². The number of hydrogen-bond donors (Lipinski definition) is 0. The van der Waals surface area contributed by atoms with Gasteiger partial charge in [-0.05, 0) is 18.1 Å². The van der Waals surface area contributed by atoms with Gasteiger partial charge in [0.15, 0.2) is 0 Å². The van der Waals surface area contributed by atoms with E-state index in [1.54, 1.807) is 11.8 Å². The van der Waals surface area contributed by atoms with E-state index in [4.69, 9.17) is 0 Å². The van der Waals surface area contributed by atoms with Crippen LogP contribution in [0.2, 0.25) is 0 Å². The molecule has 1 aromatic heterocycles. The molecule has 16 heavy (non-hydrogen) atoms. The zero-order valence-electron chi connectivity index (χ0n) is 9.90. The number of carbonyl (C=O) groups is 1. The summed E-state index contributed by atoms with van der Waals surface area (Å²) in [4.78, 5) is 16.3. The van der Waals surface area contributed by atoms with Gasteiger partial charge in [-0.25, -0.2) is 0 Å². The summed E-state index contributed by atoms with van der Waals surface area (Å²) >= 11 is 1.62. The van der Waals surface area contributed by atoms with Gasteiger partial charge in [0, 0.05) is 22.5 Å². The van der Waals surface area contributed by atoms with Crippen molar-refractivity contribution in [2.24, 2.45) is 0 Å². The fraction of sp³-hybridized carbons (Fsp3) is 0.500. The quantitative estimate of drug-likeness (QED) is 0.585. The normalized spacial score (nSPS) is 10.5. The fourth-order valence-corrected chi connectivity index (χ4v) is 1.97. The molecule has 0 aliphatic carbocycles. The van der Waals surface area contributed by atoms with Crippen LogP contribution in [0.4, 0.5) is 0 Å². The van der Waals surface area contributed by atoms with Crippen molar-refractivity contribution in [3.63, 3.8) is 0 Å². The highest BCUT2D eigenvalue weighted by Gasteiger charge is 2.03. The predicted molar refractivity (Wildman–Crippen MR) is 65.7 cm³/mol. The highest BCUT2D eigenvalue weighted by Crippen LogP contribution is 2.20. The molecular weight excluding hydrogens is 222 g/mol. The lowest BCUT2D eigenvalue weighted by Crippen LogP contribution is -2.01. The van der Waals surface area contributed by atoms with Gasteiger partial charge in [-0.2, -0.15) is 0 Å². The van der Waals surface area contributed by atoms with Crippen LogP contribution in [0.1, 0.15) is 31.9 Å². The summed E-state index contributed by atoms with van der Waals surface area (Å²) in [6.45, 7) is 4.23. The average molecular weight is 239 g/mol. The molecular formula is C12H17NO2S. The van der Waals surface area contributed by atoms with Gasteiger partial charge in [-0.1, -0.05) is 13.8 Å². The number of ether oxygens (including phenoxy) is 1. The second kappa shape index (κ2) is 6.53. The SMILES string of the molecule is COC(=O)CCSc1ccc(C(C)C)nc1. The van der Waals surface area contributed by atoms with Crippen molar-refractivity contribution in [1.29, 1.82) is 0 Å². The Balaban J connectivity index is 2.40. The van der Waals surface area contributed by atoms with Crippen LogP contribution >= 0.6 is 11.8 Å². The Hall–Kier alpha value is -1.03. The van der Waals surface area contributed by atoms with Gasteiger partial charge in [0.05, 0.1) is 13.5 Å². The van der Waals surface area contributed by atoms with Gasteiger partial charge in [-0.15, -0.1) is 11.8 Å². The third-order valence-corrected chi connectivity index (χ3v) is 3.14. The third-order valence-electron chi connectivity index (χ3n) is 2.15. The zero-order chi connectivity index (χ0) is 12.0. The van der Waals surface area contributed by atoms with Crippen molar-refractivity contribution in [2.45, 2.75) is 31.1 Å². The minimum Gasteiger partial charge on any atom is -0.469 e. The number of aromatic nitrogens is 1. The number of thioether (sulfide) groups is 1. The van der Waals surface area contributed by atoms with Gasteiger partial charge in [0.1, 0.15) is 0 Å². The third kappa shape index (κ3) is 4.23. The zero-order valence-corrected chi connectivity index (χ0v) is 10.7. The Labute approximate surface area is 101 Å². The van der Waals surface area contributed by atoms with Crippen LogP contribution in [0, 0.1) is 0 Å². The molecule has 1 rings (SSSR count). The Morgan fingerprint density at radius 2 is 2.25 bits per heavy atom. The van der Waals surface area contributed by atoms with E-state index in [-0.39, 0.29) is 5.97 Å². The Kier molecular flexibility index (Phi) is 5.32. The predicted octanol–water partition coefficient (Wildman–Crippen LogP) is 2.86. The van der Waals surface area contributed by atoms with E-state index in [2.05, 4.69) is 23.6 Å². The standard InChI is InChI=1S/C12H17NO2S/c1-9(2)11-5-4-10(8-13-11)16-7-6-12(14)15-3/h4-5,8-9H,6-7H2,1-3H3. The van der Waals surface area contributed by atoms with E-state index in [1.807, 2.05) is 18.3 Å². The maximum Gasteiger partial charge on any atom is 0.306 e. The van der Waals surface area contributed by atoms with Crippen LogP contribution in [-0.2, 0) is 9.53 Å². The fourth-order valence-electron chi connectivity index (χ4n) is 1.17. The molecule has 0 bridgehead atoms. The van der Waals surface area contributed by atoms with E-state index in [0.717, 1.165) is 16.3 Å². The summed E-state index contributed by atoms with van der Waals surface area (Å²) in [5.41, 5.74) is 1.09. The van der Waals surface area contributed by atoms with Gasteiger partial charge in [0.2, 0.25) is 0 Å². The van der Waals surface area contributed by atoms with Gasteiger partial charge in [0.25, 0.3) is 0 Å². The molecule has 0 N–H and O–H groups in total. The molecule has 88 valence electrons. The average Bonchev–Trinajstić information content (AvgIpc) is 2.29. The lowest BCUT2D eigenvalue weighted by Gasteiger charge is -2.05. The van der Waals surface area contributed by atoms with E-state index < -0.39 is 0 Å². The molecule has 4 heteroatoms. The molecule has 0 amide bonds. The van der Waals surface area contributed by atoms with E-state index >= 15 is 0 Å². The summed E-state index contributed by atoms with van der Waals surface area (Å²) in [6.07, 6.45) is 2.30. The first-order valence-electron chi connectivity index (χ1n) is 5.29. The molecule has 0 fully saturated rings. The monoisotopic (exact) mass is 239 g/mol. The first-order valence-corrected chi connectivity index (χ1v) is 6.27. The van der Waals surface area contributed by atoms with Crippen LogP contribution in [-0.4, -0.2) is 23.8 Å². The molecule has 0 spiro atoms. The van der Waals surface area contributed by atoms with Crippen LogP contribution in [0.25, 0.3) is 0 Å². The lowest BCUT2D eigenvalue weighted by molar-refractivity contribution is -0.140. The van der Waals surface area contributed by atoms with E-state index in [0.29, 0.717) is 12.3 Å². The first-order chi connectivity index (χ1) is 7.63. The van der Waals surface area contributed by atoms with Crippen LogP contribution < -0.4 is 0 Å². The largest absolute Gasteiger partial charge is 0.469 e. The minimum absolute atomic E-state index is 0.167. The number of esters is 1. The summed E-state index contributed by atoms with van der Waals surface area (Å²) in [5.74, 6) is 1.02. The van der Waals surface area contributed by atoms with Crippen LogP contribution in [0.3, 0.4) is 0 Å². The lowest BCUT2D eigenvalue weighted by atomic mass is 10.1. The van der Waals surface area contributed by atoms with Crippen molar-refractivity contribution in [3.05, 3.63) is 24.0 Å². The molecule has 3 nitrogen and oxygen atoms in total. The molecule has 0 unspecified atom stereocenters. The number of hydrogen-bond acceptors (Lipinski definition) is 4. The second-order valence-electron chi connectivity index (χ2n) is 3.75. The van der Waals surface area contributed by atoms with Crippen molar-refractivity contribution in [2.75, 3.05) is 12.9 Å². The Bertz CT molecular complexity index is 335. The summed E-state index contributed by atoms with van der Waals surface area (Å²) in [7, 11) is 1.41. The summed E-state index contributed by atoms with van der Waals surface area (Å²) in [5, 5.41) is 0. The highest BCUT2D eigenvalue weighted by atomic mass is 32.2. The minimum atomic E-state index is -0.167. The second-order valence-corrected chi connectivity index (χ2v) is 4.92. The molecule has 0 aliphatic heterocycles. The van der Waals surface area contributed by atoms with Crippen molar-refractivity contribution < 1.29 is 9.53 Å². The number of nitrogens with zero attached hydrogens (tertiary/aromatic N) is 1. The highest BCUT2D eigenvalue weighted by molar-refractivity contribution is 7.99. The molecule has 0 aliphatic rings. The van der Waals surface area contributed by atoms with E-state index in [1.165, 1.54) is 7.11 Å². The molecule has 0 radical (unpaired) electrons. The maximum absolute atomic E-state index is 10.9. The Morgan fingerprint density at radius 3 is 2.75 bits per heavy atom. The van der Waals surface area contributed by atoms with Gasteiger partial charge in [-0.3, -0.25) is 9.78 Å². The van der Waals surface area contributed by atoms with Crippen molar-refractivity contribution in [1.82, 2.24) is 4.98 Å². The molecule has 0 saturated carbocycles. The summed E-state index contributed by atoms with van der Waals surface area (Å²) in [6, 6.07) is 4.08. The van der Waals surface area contributed by atoms with E-state index in [9.17, 15) is 4.79 Å². The Morgan fingerprint density at radius 1 is 1.50 bits per heavy atom. The molecule has 0 saturated heterocycles. The maximum atomic E-state index is 10.9. The smallest absolute Gasteiger partial charge is 0.306 e. The van der Waals surface area contributed by atoms with Gasteiger partial charge < -0.3 is 4.74 Å². The van der Waals surface area contributed by atoms with Crippen LogP contribution in [0.15, 0.2) is 23.2 Å². The first kappa shape index (κ1) is 13.0. The number of carbonyl (C=O) groups excluding carboxylic acids is 1. The molecule has 1 heterocycles. The molecule has 0 atom stereocenters. The van der Waals surface area contributed by atoms with Crippen molar-refractivity contribution in [3.8, 4) is 0 Å². The summed E-state index contributed by atoms with van der Waals surface area (Å²) < 4.78 is 4.57. The number of rotatable bonds is 5. The number of methoxy groups -OCH3 is 1. The van der Waals surface area contributed by atoms with Crippen LogP contribution in [0.5, 0.6) is 0 Å².